The number of hydrogen-bond donors (Lipinski definition) is 1. The molecule has 1 heterocycles. The molecule has 122 valence electrons. The van der Waals surface area contributed by atoms with E-state index >= 15 is 0 Å². The lowest BCUT2D eigenvalue weighted by atomic mass is 9.95. The van der Waals surface area contributed by atoms with Crippen molar-refractivity contribution >= 4 is 6.03 Å². The highest BCUT2D eigenvalue weighted by Gasteiger charge is 2.60. The molecule has 3 atom stereocenters. The summed E-state index contributed by atoms with van der Waals surface area (Å²) >= 11 is 0. The van der Waals surface area contributed by atoms with E-state index in [1.807, 2.05) is 0 Å². The van der Waals surface area contributed by atoms with Crippen LogP contribution >= 0.6 is 0 Å². The number of ether oxygens (including phenoxy) is 2. The summed E-state index contributed by atoms with van der Waals surface area (Å²) in [5.74, 6) is -0.541. The van der Waals surface area contributed by atoms with Crippen LogP contribution in [0.15, 0.2) is 0 Å². The van der Waals surface area contributed by atoms with Gasteiger partial charge in [0.05, 0.1) is 13.1 Å². The number of carbonyl (C=O) groups excluding carboxylic acids is 1. The van der Waals surface area contributed by atoms with Gasteiger partial charge in [-0.25, -0.2) is 4.79 Å². The van der Waals surface area contributed by atoms with Crippen molar-refractivity contribution in [3.63, 3.8) is 0 Å². The van der Waals surface area contributed by atoms with Crippen molar-refractivity contribution in [1.82, 2.24) is 10.2 Å². The number of methoxy groups -OCH3 is 2. The van der Waals surface area contributed by atoms with E-state index in [0.717, 1.165) is 6.92 Å². The molecule has 2 amide bonds. The predicted octanol–water partition coefficient (Wildman–Crippen LogP) is 1.77. The van der Waals surface area contributed by atoms with Gasteiger partial charge in [0.25, 0.3) is 0 Å². The number of rotatable bonds is 4. The van der Waals surface area contributed by atoms with E-state index in [9.17, 15) is 18.0 Å². The number of nitrogens with zero attached hydrogens (tertiary/aromatic N) is 1. The van der Waals surface area contributed by atoms with E-state index in [0.29, 0.717) is 12.8 Å². The molecule has 2 aliphatic rings. The lowest BCUT2D eigenvalue weighted by Gasteiger charge is -2.34. The molecule has 0 bridgehead atoms. The van der Waals surface area contributed by atoms with Gasteiger partial charge in [0, 0.05) is 14.2 Å². The maximum atomic E-state index is 13.2. The number of halogens is 3. The van der Waals surface area contributed by atoms with Gasteiger partial charge in [0.15, 0.2) is 0 Å². The van der Waals surface area contributed by atoms with E-state index < -0.39 is 23.7 Å². The average molecular weight is 310 g/mol. The maximum Gasteiger partial charge on any atom is 0.411 e. The van der Waals surface area contributed by atoms with Crippen molar-refractivity contribution in [2.45, 2.75) is 43.7 Å². The third-order valence-electron chi connectivity index (χ3n) is 4.46. The van der Waals surface area contributed by atoms with Crippen LogP contribution in [0.5, 0.6) is 0 Å². The van der Waals surface area contributed by atoms with Gasteiger partial charge in [-0.05, 0) is 25.7 Å². The first-order valence-corrected chi connectivity index (χ1v) is 6.92. The van der Waals surface area contributed by atoms with E-state index in [2.05, 4.69) is 5.32 Å². The van der Waals surface area contributed by atoms with Crippen LogP contribution in [-0.4, -0.2) is 62.2 Å². The van der Waals surface area contributed by atoms with E-state index in [4.69, 9.17) is 9.47 Å². The number of carbonyl (C=O) groups is 1. The smallest absolute Gasteiger partial charge is 0.377 e. The largest absolute Gasteiger partial charge is 0.411 e. The highest BCUT2D eigenvalue weighted by molar-refractivity contribution is 5.75. The maximum absolute atomic E-state index is 13.2. The van der Waals surface area contributed by atoms with Gasteiger partial charge < -0.3 is 19.7 Å². The molecule has 5 nitrogen and oxygen atoms in total. The first-order valence-electron chi connectivity index (χ1n) is 6.92. The Bertz CT molecular complexity index is 389. The second kappa shape index (κ2) is 5.64. The van der Waals surface area contributed by atoms with Crippen LogP contribution in [0.4, 0.5) is 18.0 Å². The summed E-state index contributed by atoms with van der Waals surface area (Å²) in [7, 11) is 2.98. The summed E-state index contributed by atoms with van der Waals surface area (Å²) < 4.78 is 50.1. The fourth-order valence-corrected chi connectivity index (χ4v) is 2.73. The van der Waals surface area contributed by atoms with Crippen molar-refractivity contribution in [1.29, 1.82) is 0 Å². The first kappa shape index (κ1) is 16.4. The highest BCUT2D eigenvalue weighted by Crippen LogP contribution is 2.48. The molecule has 2 rings (SSSR count). The standard InChI is InChI=1S/C13H21F3N2O3/c1-12(8-4-5-8,13(14,15)16)17-11(19)18-6-9(20-2)10(7-18)21-3/h8-10H,4-7H2,1-3H3,(H,17,19)/t9-,10+,12?. The summed E-state index contributed by atoms with van der Waals surface area (Å²) in [6.45, 7) is 1.50. The highest BCUT2D eigenvalue weighted by atomic mass is 19.4. The third kappa shape index (κ3) is 3.11. The summed E-state index contributed by atoms with van der Waals surface area (Å²) in [6, 6.07) is -0.719. The summed E-state index contributed by atoms with van der Waals surface area (Å²) in [5, 5.41) is 2.18. The molecule has 1 aliphatic heterocycles. The van der Waals surface area contributed by atoms with Gasteiger partial charge in [0.2, 0.25) is 0 Å². The zero-order valence-corrected chi connectivity index (χ0v) is 12.4. The van der Waals surface area contributed by atoms with Crippen molar-refractivity contribution < 1.29 is 27.4 Å². The lowest BCUT2D eigenvalue weighted by molar-refractivity contribution is -0.194. The molecule has 8 heteroatoms. The Morgan fingerprint density at radius 2 is 1.62 bits per heavy atom. The zero-order chi connectivity index (χ0) is 15.8. The fourth-order valence-electron chi connectivity index (χ4n) is 2.73. The molecule has 0 aromatic rings. The second-order valence-electron chi connectivity index (χ2n) is 5.86. The lowest BCUT2D eigenvalue weighted by Crippen LogP contribution is -2.60. The molecule has 2 fully saturated rings. The minimum absolute atomic E-state index is 0.222. The van der Waals surface area contributed by atoms with Crippen LogP contribution in [0.2, 0.25) is 0 Å². The van der Waals surface area contributed by atoms with Crippen LogP contribution in [0, 0.1) is 5.92 Å². The van der Waals surface area contributed by atoms with Gasteiger partial charge in [-0.15, -0.1) is 0 Å². The molecular weight excluding hydrogens is 289 g/mol. The van der Waals surface area contributed by atoms with E-state index in [1.54, 1.807) is 0 Å². The first-order chi connectivity index (χ1) is 9.72. The Kier molecular flexibility index (Phi) is 4.39. The van der Waals surface area contributed by atoms with Gasteiger partial charge in [-0.3, -0.25) is 0 Å². The molecule has 1 N–H and O–H groups in total. The van der Waals surface area contributed by atoms with E-state index in [1.165, 1.54) is 19.1 Å². The Morgan fingerprint density at radius 1 is 1.14 bits per heavy atom. The molecule has 0 spiro atoms. The number of alkyl halides is 3. The molecule has 1 saturated carbocycles. The van der Waals surface area contributed by atoms with Crippen molar-refractivity contribution in [2.24, 2.45) is 5.92 Å². The summed E-state index contributed by atoms with van der Waals surface area (Å²) in [5.41, 5.74) is -2.17. The minimum Gasteiger partial charge on any atom is -0.377 e. The van der Waals surface area contributed by atoms with Gasteiger partial charge in [-0.2, -0.15) is 13.2 Å². The normalized spacial score (nSPS) is 29.3. The molecule has 1 unspecified atom stereocenters. The second-order valence-corrected chi connectivity index (χ2v) is 5.86. The summed E-state index contributed by atoms with van der Waals surface area (Å²) in [6.07, 6.45) is -4.14. The molecule has 1 aliphatic carbocycles. The fraction of sp³-hybridized carbons (Fsp3) is 0.923. The Morgan fingerprint density at radius 3 is 1.95 bits per heavy atom. The van der Waals surface area contributed by atoms with Crippen LogP contribution < -0.4 is 5.32 Å². The molecule has 0 aromatic heterocycles. The number of urea groups is 1. The van der Waals surface area contributed by atoms with Gasteiger partial charge >= 0.3 is 12.2 Å². The van der Waals surface area contributed by atoms with Crippen LogP contribution in [-0.2, 0) is 9.47 Å². The Balaban J connectivity index is 2.04. The van der Waals surface area contributed by atoms with Crippen molar-refractivity contribution in [3.8, 4) is 0 Å². The zero-order valence-electron chi connectivity index (χ0n) is 12.4. The third-order valence-corrected chi connectivity index (χ3v) is 4.46. The molecule has 1 saturated heterocycles. The SMILES string of the molecule is CO[C@H]1CN(C(=O)NC(C)(C2CC2)C(F)(F)F)C[C@H]1OC. The molecular formula is C13H21F3N2O3. The van der Waals surface area contributed by atoms with Crippen molar-refractivity contribution in [3.05, 3.63) is 0 Å². The molecule has 0 radical (unpaired) electrons. The van der Waals surface area contributed by atoms with Crippen LogP contribution in [0.3, 0.4) is 0 Å². The molecule has 0 aromatic carbocycles. The topological polar surface area (TPSA) is 50.8 Å². The Hall–Kier alpha value is -1.02. The molecule has 21 heavy (non-hydrogen) atoms. The average Bonchev–Trinajstić information content (AvgIpc) is 3.16. The predicted molar refractivity (Wildman–Crippen MR) is 68.9 cm³/mol. The quantitative estimate of drug-likeness (QED) is 0.861. The van der Waals surface area contributed by atoms with Crippen LogP contribution in [0.25, 0.3) is 0 Å². The number of amides is 2. The van der Waals surface area contributed by atoms with E-state index in [-0.39, 0.29) is 25.3 Å². The number of hydrogen-bond acceptors (Lipinski definition) is 3. The summed E-state index contributed by atoms with van der Waals surface area (Å²) in [4.78, 5) is 13.5. The number of likely N-dealkylation sites (tertiary alicyclic amines) is 1. The van der Waals surface area contributed by atoms with Crippen molar-refractivity contribution in [2.75, 3.05) is 27.3 Å². The van der Waals surface area contributed by atoms with Gasteiger partial charge in [-0.1, -0.05) is 0 Å². The minimum atomic E-state index is -4.47. The Labute approximate surface area is 121 Å². The number of nitrogens with one attached hydrogen (secondary N) is 1. The van der Waals surface area contributed by atoms with Crippen LogP contribution in [0.1, 0.15) is 19.8 Å². The van der Waals surface area contributed by atoms with Gasteiger partial charge in [0.1, 0.15) is 17.7 Å². The monoisotopic (exact) mass is 310 g/mol.